The maximum absolute atomic E-state index is 5.71. The van der Waals surface area contributed by atoms with E-state index in [0.29, 0.717) is 5.92 Å². The SMILES string of the molecule is COCC1CCCN(Cc2cc(CNC(C)(C)C)co2)C1. The van der Waals surface area contributed by atoms with E-state index in [1.54, 1.807) is 7.11 Å². The minimum atomic E-state index is 0.137. The van der Waals surface area contributed by atoms with Crippen LogP contribution in [0.4, 0.5) is 0 Å². The molecule has 1 aromatic rings. The van der Waals surface area contributed by atoms with Crippen molar-refractivity contribution in [1.29, 1.82) is 0 Å². The Kier molecular flexibility index (Phi) is 5.85. The molecule has 0 aromatic carbocycles. The molecule has 1 atom stereocenters. The van der Waals surface area contributed by atoms with Gasteiger partial charge in [0.15, 0.2) is 0 Å². The summed E-state index contributed by atoms with van der Waals surface area (Å²) in [6, 6.07) is 2.18. The van der Waals surface area contributed by atoms with Crippen LogP contribution in [0.3, 0.4) is 0 Å². The van der Waals surface area contributed by atoms with E-state index in [1.807, 2.05) is 6.26 Å². The third kappa shape index (κ3) is 5.81. The van der Waals surface area contributed by atoms with Crippen molar-refractivity contribution in [3.63, 3.8) is 0 Å². The summed E-state index contributed by atoms with van der Waals surface area (Å²) in [5.74, 6) is 1.74. The van der Waals surface area contributed by atoms with Crippen molar-refractivity contribution in [3.05, 3.63) is 23.7 Å². The summed E-state index contributed by atoms with van der Waals surface area (Å²) in [4.78, 5) is 2.48. The molecule has 1 fully saturated rings. The second kappa shape index (κ2) is 7.43. The summed E-state index contributed by atoms with van der Waals surface area (Å²) < 4.78 is 11.0. The number of piperidine rings is 1. The molecule has 0 bridgehead atoms. The first kappa shape index (κ1) is 16.5. The predicted octanol–water partition coefficient (Wildman–Crippen LogP) is 3.03. The van der Waals surface area contributed by atoms with Crippen LogP contribution in [0.5, 0.6) is 0 Å². The lowest BCUT2D eigenvalue weighted by Crippen LogP contribution is -2.36. The molecule has 0 spiro atoms. The number of rotatable bonds is 6. The fraction of sp³-hybridized carbons (Fsp3) is 0.765. The van der Waals surface area contributed by atoms with Gasteiger partial charge in [-0.15, -0.1) is 0 Å². The van der Waals surface area contributed by atoms with E-state index in [0.717, 1.165) is 38.5 Å². The van der Waals surface area contributed by atoms with Gasteiger partial charge in [-0.1, -0.05) is 0 Å². The molecular weight excluding hydrogens is 264 g/mol. The van der Waals surface area contributed by atoms with Crippen molar-refractivity contribution in [1.82, 2.24) is 10.2 Å². The molecule has 1 aromatic heterocycles. The molecule has 1 aliphatic heterocycles. The van der Waals surface area contributed by atoms with Gasteiger partial charge in [-0.05, 0) is 52.1 Å². The van der Waals surface area contributed by atoms with Crippen LogP contribution < -0.4 is 5.32 Å². The summed E-state index contributed by atoms with van der Waals surface area (Å²) in [5.41, 5.74) is 1.36. The van der Waals surface area contributed by atoms with Crippen molar-refractivity contribution in [2.24, 2.45) is 5.92 Å². The quantitative estimate of drug-likeness (QED) is 0.875. The Balaban J connectivity index is 1.81. The summed E-state index contributed by atoms with van der Waals surface area (Å²) >= 11 is 0. The Bertz CT molecular complexity index is 421. The van der Waals surface area contributed by atoms with Crippen molar-refractivity contribution >= 4 is 0 Å². The number of furan rings is 1. The van der Waals surface area contributed by atoms with E-state index in [4.69, 9.17) is 9.15 Å². The van der Waals surface area contributed by atoms with Crippen molar-refractivity contribution in [2.75, 3.05) is 26.8 Å². The Labute approximate surface area is 128 Å². The third-order valence-corrected chi connectivity index (χ3v) is 3.92. The molecule has 1 N–H and O–H groups in total. The number of methoxy groups -OCH3 is 1. The normalized spacial score (nSPS) is 20.9. The van der Waals surface area contributed by atoms with Crippen LogP contribution in [0.1, 0.15) is 44.9 Å². The number of hydrogen-bond donors (Lipinski definition) is 1. The van der Waals surface area contributed by atoms with E-state index in [-0.39, 0.29) is 5.54 Å². The Morgan fingerprint density at radius 2 is 2.24 bits per heavy atom. The van der Waals surface area contributed by atoms with Crippen molar-refractivity contribution in [3.8, 4) is 0 Å². The molecule has 0 saturated carbocycles. The summed E-state index contributed by atoms with van der Waals surface area (Å²) in [6.45, 7) is 11.5. The van der Waals surface area contributed by atoms with Gasteiger partial charge in [-0.25, -0.2) is 0 Å². The van der Waals surface area contributed by atoms with Gasteiger partial charge in [-0.3, -0.25) is 4.90 Å². The smallest absolute Gasteiger partial charge is 0.118 e. The monoisotopic (exact) mass is 294 g/mol. The van der Waals surface area contributed by atoms with Gasteiger partial charge in [0.25, 0.3) is 0 Å². The average Bonchev–Trinajstić information content (AvgIpc) is 2.84. The van der Waals surface area contributed by atoms with E-state index in [1.165, 1.54) is 18.4 Å². The van der Waals surface area contributed by atoms with E-state index >= 15 is 0 Å². The summed E-state index contributed by atoms with van der Waals surface area (Å²) in [6.07, 6.45) is 4.42. The Morgan fingerprint density at radius 3 is 2.95 bits per heavy atom. The molecule has 0 aliphatic carbocycles. The maximum Gasteiger partial charge on any atom is 0.118 e. The van der Waals surface area contributed by atoms with Gasteiger partial charge < -0.3 is 14.5 Å². The molecule has 2 heterocycles. The largest absolute Gasteiger partial charge is 0.468 e. The lowest BCUT2D eigenvalue weighted by molar-refractivity contribution is 0.0840. The molecule has 1 saturated heterocycles. The highest BCUT2D eigenvalue weighted by Gasteiger charge is 2.20. The van der Waals surface area contributed by atoms with Gasteiger partial charge in [0.05, 0.1) is 19.4 Å². The van der Waals surface area contributed by atoms with Gasteiger partial charge in [0.2, 0.25) is 0 Å². The van der Waals surface area contributed by atoms with Gasteiger partial charge in [0, 0.05) is 31.3 Å². The van der Waals surface area contributed by atoms with Crippen molar-refractivity contribution < 1.29 is 9.15 Å². The summed E-state index contributed by atoms with van der Waals surface area (Å²) in [7, 11) is 1.79. The number of nitrogens with zero attached hydrogens (tertiary/aromatic N) is 1. The molecule has 1 unspecified atom stereocenters. The van der Waals surface area contributed by atoms with Crippen LogP contribution in [-0.4, -0.2) is 37.2 Å². The van der Waals surface area contributed by atoms with E-state index in [2.05, 4.69) is 37.1 Å². The maximum atomic E-state index is 5.71. The molecule has 0 radical (unpaired) electrons. The fourth-order valence-electron chi connectivity index (χ4n) is 2.86. The molecule has 4 heteroatoms. The first-order valence-electron chi connectivity index (χ1n) is 7.99. The standard InChI is InChI=1S/C17H30N2O2/c1-17(2,3)18-9-15-8-16(21-13-15)11-19-7-5-6-14(10-19)12-20-4/h8,13-14,18H,5-7,9-12H2,1-4H3. The van der Waals surface area contributed by atoms with Crippen LogP contribution >= 0.6 is 0 Å². The minimum absolute atomic E-state index is 0.137. The average molecular weight is 294 g/mol. The first-order valence-corrected chi connectivity index (χ1v) is 7.99. The summed E-state index contributed by atoms with van der Waals surface area (Å²) in [5, 5.41) is 3.49. The molecule has 2 rings (SSSR count). The number of likely N-dealkylation sites (tertiary alicyclic amines) is 1. The predicted molar refractivity (Wildman–Crippen MR) is 85.2 cm³/mol. The number of ether oxygens (including phenoxy) is 1. The van der Waals surface area contributed by atoms with Crippen molar-refractivity contribution in [2.45, 2.75) is 52.2 Å². The van der Waals surface area contributed by atoms with Crippen LogP contribution in [-0.2, 0) is 17.8 Å². The highest BCUT2D eigenvalue weighted by atomic mass is 16.5. The molecule has 1 aliphatic rings. The second-order valence-corrected chi connectivity index (χ2v) is 7.22. The highest BCUT2D eigenvalue weighted by Crippen LogP contribution is 2.20. The van der Waals surface area contributed by atoms with Crippen LogP contribution in [0, 0.1) is 5.92 Å². The third-order valence-electron chi connectivity index (χ3n) is 3.92. The molecule has 21 heavy (non-hydrogen) atoms. The van der Waals surface area contributed by atoms with Crippen LogP contribution in [0.25, 0.3) is 0 Å². The van der Waals surface area contributed by atoms with E-state index < -0.39 is 0 Å². The van der Waals surface area contributed by atoms with Crippen LogP contribution in [0.15, 0.2) is 16.7 Å². The molecule has 4 nitrogen and oxygen atoms in total. The lowest BCUT2D eigenvalue weighted by atomic mass is 9.99. The molecule has 0 amide bonds. The molecular formula is C17H30N2O2. The van der Waals surface area contributed by atoms with E-state index in [9.17, 15) is 0 Å². The first-order chi connectivity index (χ1) is 9.96. The number of hydrogen-bond acceptors (Lipinski definition) is 4. The minimum Gasteiger partial charge on any atom is -0.468 e. The van der Waals surface area contributed by atoms with Gasteiger partial charge in [-0.2, -0.15) is 0 Å². The zero-order valence-corrected chi connectivity index (χ0v) is 13.9. The lowest BCUT2D eigenvalue weighted by Gasteiger charge is -2.31. The van der Waals surface area contributed by atoms with Gasteiger partial charge >= 0.3 is 0 Å². The zero-order chi connectivity index (χ0) is 15.3. The van der Waals surface area contributed by atoms with Gasteiger partial charge in [0.1, 0.15) is 5.76 Å². The number of nitrogens with one attached hydrogen (secondary N) is 1. The highest BCUT2D eigenvalue weighted by molar-refractivity contribution is 5.13. The Morgan fingerprint density at radius 1 is 1.43 bits per heavy atom. The molecule has 120 valence electrons. The topological polar surface area (TPSA) is 37.6 Å². The second-order valence-electron chi connectivity index (χ2n) is 7.22. The van der Waals surface area contributed by atoms with Crippen LogP contribution in [0.2, 0.25) is 0 Å². The Hall–Kier alpha value is -0.840. The zero-order valence-electron chi connectivity index (χ0n) is 13.9. The fourth-order valence-corrected chi connectivity index (χ4v) is 2.86.